The van der Waals surface area contributed by atoms with Gasteiger partial charge in [-0.25, -0.2) is 9.80 Å². The van der Waals surface area contributed by atoms with Crippen molar-refractivity contribution in [1.29, 1.82) is 0 Å². The predicted molar refractivity (Wildman–Crippen MR) is 345 cm³/mol. The molecule has 0 saturated heterocycles. The molecule has 18 nitrogen and oxygen atoms in total. The van der Waals surface area contributed by atoms with E-state index in [0.29, 0.717) is 59.0 Å². The number of nitrogens with zero attached hydrogens (tertiary/aromatic N) is 4. The third-order valence-electron chi connectivity index (χ3n) is 17.8. The Hall–Kier alpha value is -11.7. The van der Waals surface area contributed by atoms with E-state index in [4.69, 9.17) is 18.9 Å². The zero-order valence-electron chi connectivity index (χ0n) is 51.6. The van der Waals surface area contributed by atoms with Gasteiger partial charge in [0.25, 0.3) is 47.3 Å². The van der Waals surface area contributed by atoms with Gasteiger partial charge < -0.3 is 29.2 Å². The number of anilines is 2. The van der Waals surface area contributed by atoms with E-state index in [2.05, 4.69) is 0 Å². The Morgan fingerprint density at radius 2 is 0.785 bits per heavy atom. The highest BCUT2D eigenvalue weighted by molar-refractivity contribution is 6.36. The first-order valence-corrected chi connectivity index (χ1v) is 30.3. The highest BCUT2D eigenvalue weighted by atomic mass is 16.5. The molecule has 2 N–H and O–H groups in total. The van der Waals surface area contributed by atoms with Crippen molar-refractivity contribution in [2.24, 2.45) is 0 Å². The number of ether oxygens (including phenoxy) is 4. The molecule has 4 aliphatic rings. The molecule has 1 atom stereocenters. The number of carbonyl (C=O) groups excluding carboxylic acids is 8. The molecule has 4 aliphatic heterocycles. The normalized spacial score (nSPS) is 14.7. The van der Waals surface area contributed by atoms with E-state index in [9.17, 15) is 48.6 Å². The van der Waals surface area contributed by atoms with Crippen LogP contribution < -0.4 is 28.7 Å². The van der Waals surface area contributed by atoms with Gasteiger partial charge in [-0.15, -0.1) is 0 Å². The van der Waals surface area contributed by atoms with E-state index in [0.717, 1.165) is 20.3 Å². The summed E-state index contributed by atoms with van der Waals surface area (Å²) in [5.41, 5.74) is 2.98. The Bertz CT molecular complexity index is 4730. The maximum Gasteiger partial charge on any atom is 0.266 e. The first-order valence-electron chi connectivity index (χ1n) is 30.3. The zero-order valence-corrected chi connectivity index (χ0v) is 51.6. The van der Waals surface area contributed by atoms with Gasteiger partial charge in [-0.1, -0.05) is 77.9 Å². The van der Waals surface area contributed by atoms with Crippen molar-refractivity contribution in [3.8, 4) is 68.6 Å². The number of fused-ring (bicyclic) bond motifs is 4. The summed E-state index contributed by atoms with van der Waals surface area (Å²) in [4.78, 5) is 115. The van der Waals surface area contributed by atoms with Gasteiger partial charge in [-0.3, -0.25) is 48.2 Å². The molecule has 9 aromatic carbocycles. The smallest absolute Gasteiger partial charge is 0.266 e. The van der Waals surface area contributed by atoms with E-state index in [1.54, 1.807) is 103 Å². The van der Waals surface area contributed by atoms with Crippen LogP contribution in [0.15, 0.2) is 182 Å². The molecule has 0 bridgehead atoms. The first kappa shape index (κ1) is 60.3. The number of phenolic OH excluding ortho intramolecular Hbond substituents is 2. The fraction of sp³-hybridized carbons (Fsp3) is 0.173. The van der Waals surface area contributed by atoms with Crippen molar-refractivity contribution in [3.05, 3.63) is 238 Å². The van der Waals surface area contributed by atoms with Crippen molar-refractivity contribution >= 4 is 58.6 Å². The lowest BCUT2D eigenvalue weighted by molar-refractivity contribution is 0.0318. The maximum absolute atomic E-state index is 14.8. The molecule has 0 aromatic heterocycles. The second-order valence-electron chi connectivity index (χ2n) is 24.2. The van der Waals surface area contributed by atoms with Crippen molar-refractivity contribution < 1.29 is 67.5 Å². The Morgan fingerprint density at radius 1 is 0.387 bits per heavy atom. The summed E-state index contributed by atoms with van der Waals surface area (Å²) in [6, 6.07) is 48.9. The SMILES string of the molecule is CCC(c1cccc(Oc2cccc(Oc3cccc(N4C(=O)c5ccc(Oc6ccc7c(c6)C(=O)N(C)C7=O)cc5C4=O)c3)c2)c1)C(CC)(CC)N1C(=O)c2ccc(Oc3ccc4c(c3)C(=O)N(c3cc(-c5ccc(O)c(C(C)(C)C)c5)ccc3O)C4=O)cc2C1=O. The van der Waals surface area contributed by atoms with Gasteiger partial charge in [0.1, 0.15) is 57.5 Å². The summed E-state index contributed by atoms with van der Waals surface area (Å²) in [5.74, 6) is -2.19. The van der Waals surface area contributed by atoms with Gasteiger partial charge >= 0.3 is 0 Å². The summed E-state index contributed by atoms with van der Waals surface area (Å²) in [6.45, 7) is 11.9. The largest absolute Gasteiger partial charge is 0.508 e. The highest BCUT2D eigenvalue weighted by Crippen LogP contribution is 2.48. The molecule has 18 heteroatoms. The second kappa shape index (κ2) is 23.0. The van der Waals surface area contributed by atoms with Crippen LogP contribution in [-0.4, -0.2) is 79.9 Å². The standard InChI is InChI=1S/C75H60N4O14/c1-8-61(43-14-11-16-45(32-43)90-47-18-13-19-48(36-47)91-46-17-12-15-44(35-46)77-68(84)54-27-23-50(38-58(54)70(77)86)92-49-22-26-53-57(37-49)67(83)76(7)66(53)82)75(9-2,10-3)79-72(88)56-29-25-52(40-60(56)73(79)89)93-51-24-28-55-59(39-51)71(87)78(69(55)85)63-34-42(21-31-65(63)81)41-20-30-64(80)62(33-41)74(4,5)6/h11-40,61,80-81H,8-10H2,1-7H3. The van der Waals surface area contributed by atoms with Gasteiger partial charge in [0.2, 0.25) is 0 Å². The number of phenols is 2. The average Bonchev–Trinajstić information content (AvgIpc) is 1.65. The topological polar surface area (TPSA) is 227 Å². The maximum atomic E-state index is 14.8. The van der Waals surface area contributed by atoms with Crippen LogP contribution in [-0.2, 0) is 5.41 Å². The molecular formula is C75H60N4O14. The minimum absolute atomic E-state index is 0.0164. The Kier molecular flexibility index (Phi) is 14.9. The quantitative estimate of drug-likeness (QED) is 0.0809. The fourth-order valence-electron chi connectivity index (χ4n) is 13.1. The molecule has 93 heavy (non-hydrogen) atoms. The molecule has 0 radical (unpaired) electrons. The predicted octanol–water partition coefficient (Wildman–Crippen LogP) is 15.4. The molecule has 9 aromatic rings. The third kappa shape index (κ3) is 10.3. The molecule has 0 saturated carbocycles. The third-order valence-corrected chi connectivity index (χ3v) is 17.8. The summed E-state index contributed by atoms with van der Waals surface area (Å²) in [5, 5.41) is 21.7. The number of benzene rings is 9. The molecule has 1 unspecified atom stereocenters. The van der Waals surface area contributed by atoms with Crippen molar-refractivity contribution in [1.82, 2.24) is 9.80 Å². The summed E-state index contributed by atoms with van der Waals surface area (Å²) < 4.78 is 25.0. The van der Waals surface area contributed by atoms with E-state index >= 15 is 0 Å². The molecule has 464 valence electrons. The molecular weight excluding hydrogens is 1180 g/mol. The monoisotopic (exact) mass is 1240 g/mol. The van der Waals surface area contributed by atoms with Crippen molar-refractivity contribution in [2.45, 2.75) is 77.7 Å². The number of aromatic hydroxyl groups is 2. The number of amides is 8. The molecule has 13 rings (SSSR count). The molecule has 8 amide bonds. The first-order chi connectivity index (χ1) is 44.6. The summed E-state index contributed by atoms with van der Waals surface area (Å²) in [6.07, 6.45) is 1.39. The van der Waals surface area contributed by atoms with Crippen LogP contribution in [0.4, 0.5) is 11.4 Å². The lowest BCUT2D eigenvalue weighted by Gasteiger charge is -2.45. The van der Waals surface area contributed by atoms with Crippen LogP contribution in [0.1, 0.15) is 161 Å². The van der Waals surface area contributed by atoms with Gasteiger partial charge in [0.15, 0.2) is 0 Å². The zero-order chi connectivity index (χ0) is 65.5. The van der Waals surface area contributed by atoms with Gasteiger partial charge in [0, 0.05) is 25.1 Å². The van der Waals surface area contributed by atoms with E-state index in [1.165, 1.54) is 66.5 Å². The Labute approximate surface area is 534 Å². The lowest BCUT2D eigenvalue weighted by atomic mass is 9.72. The van der Waals surface area contributed by atoms with Crippen molar-refractivity contribution in [2.75, 3.05) is 16.8 Å². The highest BCUT2D eigenvalue weighted by Gasteiger charge is 2.51. The molecule has 0 aliphatic carbocycles. The van der Waals surface area contributed by atoms with Crippen LogP contribution >= 0.6 is 0 Å². The van der Waals surface area contributed by atoms with E-state index in [-0.39, 0.29) is 102 Å². The molecule has 4 heterocycles. The van der Waals surface area contributed by atoms with Crippen molar-refractivity contribution in [3.63, 3.8) is 0 Å². The Balaban J connectivity index is 0.681. The number of rotatable bonds is 17. The average molecular weight is 1240 g/mol. The van der Waals surface area contributed by atoms with Crippen LogP contribution in [0, 0.1) is 0 Å². The molecule has 0 spiro atoms. The van der Waals surface area contributed by atoms with Gasteiger partial charge in [-0.2, -0.15) is 0 Å². The number of hydrogen-bond acceptors (Lipinski definition) is 14. The lowest BCUT2D eigenvalue weighted by Crippen LogP contribution is -2.54. The van der Waals surface area contributed by atoms with Crippen LogP contribution in [0.5, 0.6) is 57.5 Å². The minimum atomic E-state index is -0.991. The number of imide groups is 4. The van der Waals surface area contributed by atoms with E-state index < -0.39 is 52.8 Å². The Morgan fingerprint density at radius 3 is 1.32 bits per heavy atom. The van der Waals surface area contributed by atoms with Crippen LogP contribution in [0.2, 0.25) is 0 Å². The minimum Gasteiger partial charge on any atom is -0.508 e. The van der Waals surface area contributed by atoms with E-state index in [1.807, 2.05) is 65.8 Å². The second-order valence-corrected chi connectivity index (χ2v) is 24.2. The van der Waals surface area contributed by atoms with Gasteiger partial charge in [0.05, 0.1) is 61.4 Å². The summed E-state index contributed by atoms with van der Waals surface area (Å²) >= 11 is 0. The van der Waals surface area contributed by atoms with Crippen LogP contribution in [0.25, 0.3) is 11.1 Å². The van der Waals surface area contributed by atoms with Gasteiger partial charge in [-0.05, 0) is 180 Å². The number of carbonyl (C=O) groups is 8. The number of hydrogen-bond donors (Lipinski definition) is 2. The molecule has 0 fully saturated rings. The summed E-state index contributed by atoms with van der Waals surface area (Å²) in [7, 11) is 1.40. The fourth-order valence-corrected chi connectivity index (χ4v) is 13.1. The van der Waals surface area contributed by atoms with Crippen LogP contribution in [0.3, 0.4) is 0 Å².